The Morgan fingerprint density at radius 3 is 2.65 bits per heavy atom. The zero-order valence-corrected chi connectivity index (χ0v) is 11.8. The summed E-state index contributed by atoms with van der Waals surface area (Å²) >= 11 is 0. The number of halogens is 1. The maximum absolute atomic E-state index is 13.0. The minimum atomic E-state index is -0.412. The second-order valence-electron chi connectivity index (χ2n) is 6.14. The van der Waals surface area contributed by atoms with E-state index in [-0.39, 0.29) is 17.8 Å². The molecule has 0 radical (unpaired) electrons. The van der Waals surface area contributed by atoms with E-state index >= 15 is 0 Å². The predicted molar refractivity (Wildman–Crippen MR) is 75.9 cm³/mol. The predicted octanol–water partition coefficient (Wildman–Crippen LogP) is 1.97. The smallest absolute Gasteiger partial charge is 0.230 e. The van der Waals surface area contributed by atoms with Gasteiger partial charge in [-0.15, -0.1) is 0 Å². The molecule has 108 valence electrons. The van der Waals surface area contributed by atoms with Gasteiger partial charge in [0.05, 0.1) is 5.41 Å². The van der Waals surface area contributed by atoms with Crippen LogP contribution in [0.25, 0.3) is 0 Å². The van der Waals surface area contributed by atoms with Crippen LogP contribution in [0.3, 0.4) is 0 Å². The minimum absolute atomic E-state index is 0.102. The molecule has 1 saturated heterocycles. The van der Waals surface area contributed by atoms with Crippen LogP contribution < -0.4 is 10.6 Å². The van der Waals surface area contributed by atoms with Crippen molar-refractivity contribution in [2.45, 2.75) is 37.6 Å². The van der Waals surface area contributed by atoms with Crippen molar-refractivity contribution >= 4 is 5.91 Å². The Balaban J connectivity index is 1.71. The van der Waals surface area contributed by atoms with Crippen molar-refractivity contribution in [3.05, 3.63) is 35.6 Å². The fourth-order valence-corrected chi connectivity index (χ4v) is 3.03. The molecule has 20 heavy (non-hydrogen) atoms. The number of hydrogen-bond acceptors (Lipinski definition) is 2. The zero-order chi connectivity index (χ0) is 14.2. The number of rotatable bonds is 3. The van der Waals surface area contributed by atoms with Crippen molar-refractivity contribution in [3.8, 4) is 0 Å². The summed E-state index contributed by atoms with van der Waals surface area (Å²) in [6.45, 7) is 4.05. The van der Waals surface area contributed by atoms with Crippen LogP contribution in [0.15, 0.2) is 24.3 Å². The molecule has 1 aliphatic carbocycles. The summed E-state index contributed by atoms with van der Waals surface area (Å²) in [5.41, 5.74) is 0.526. The lowest BCUT2D eigenvalue weighted by molar-refractivity contribution is -0.124. The van der Waals surface area contributed by atoms with Gasteiger partial charge in [0.1, 0.15) is 5.82 Å². The number of piperidine rings is 1. The van der Waals surface area contributed by atoms with E-state index in [1.807, 2.05) is 0 Å². The van der Waals surface area contributed by atoms with Crippen molar-refractivity contribution in [2.24, 2.45) is 5.92 Å². The molecule has 2 fully saturated rings. The molecule has 4 heteroatoms. The number of hydrogen-bond donors (Lipinski definition) is 2. The normalized spacial score (nSPS) is 27.9. The van der Waals surface area contributed by atoms with E-state index in [0.29, 0.717) is 5.92 Å². The average Bonchev–Trinajstić information content (AvgIpc) is 3.24. The van der Waals surface area contributed by atoms with Crippen LogP contribution in [0.4, 0.5) is 4.39 Å². The van der Waals surface area contributed by atoms with Crippen molar-refractivity contribution in [2.75, 3.05) is 13.1 Å². The molecule has 2 aliphatic rings. The first-order valence-electron chi connectivity index (χ1n) is 7.39. The van der Waals surface area contributed by atoms with Gasteiger partial charge >= 0.3 is 0 Å². The number of amides is 1. The summed E-state index contributed by atoms with van der Waals surface area (Å²) in [7, 11) is 0. The Morgan fingerprint density at radius 1 is 1.35 bits per heavy atom. The monoisotopic (exact) mass is 276 g/mol. The van der Waals surface area contributed by atoms with Crippen LogP contribution in [-0.4, -0.2) is 25.0 Å². The third-order valence-corrected chi connectivity index (χ3v) is 4.73. The van der Waals surface area contributed by atoms with Crippen molar-refractivity contribution in [1.29, 1.82) is 0 Å². The first-order valence-corrected chi connectivity index (χ1v) is 7.39. The number of carbonyl (C=O) groups excluding carboxylic acids is 1. The van der Waals surface area contributed by atoms with Gasteiger partial charge < -0.3 is 10.6 Å². The lowest BCUT2D eigenvalue weighted by Gasteiger charge is -2.31. The Labute approximate surface area is 118 Å². The van der Waals surface area contributed by atoms with E-state index in [0.717, 1.165) is 37.9 Å². The van der Waals surface area contributed by atoms with Crippen LogP contribution in [0.1, 0.15) is 31.7 Å². The highest BCUT2D eigenvalue weighted by molar-refractivity contribution is 5.91. The van der Waals surface area contributed by atoms with E-state index in [1.165, 1.54) is 12.1 Å². The molecular weight excluding hydrogens is 255 g/mol. The fourth-order valence-electron chi connectivity index (χ4n) is 3.03. The summed E-state index contributed by atoms with van der Waals surface area (Å²) in [5, 5.41) is 6.51. The highest BCUT2D eigenvalue weighted by Crippen LogP contribution is 2.48. The molecule has 3 rings (SSSR count). The highest BCUT2D eigenvalue weighted by atomic mass is 19.1. The average molecular weight is 276 g/mol. The van der Waals surface area contributed by atoms with Gasteiger partial charge in [-0.1, -0.05) is 19.1 Å². The summed E-state index contributed by atoms with van der Waals surface area (Å²) < 4.78 is 13.0. The van der Waals surface area contributed by atoms with Gasteiger partial charge in [-0.25, -0.2) is 4.39 Å². The quantitative estimate of drug-likeness (QED) is 0.886. The van der Waals surface area contributed by atoms with Gasteiger partial charge in [-0.3, -0.25) is 4.79 Å². The Bertz CT molecular complexity index is 496. The molecule has 2 N–H and O–H groups in total. The Hall–Kier alpha value is -1.42. The van der Waals surface area contributed by atoms with Gasteiger partial charge in [-0.2, -0.15) is 0 Å². The van der Waals surface area contributed by atoms with Gasteiger partial charge in [0.25, 0.3) is 0 Å². The molecule has 0 aromatic heterocycles. The van der Waals surface area contributed by atoms with E-state index in [2.05, 4.69) is 17.6 Å². The highest BCUT2D eigenvalue weighted by Gasteiger charge is 2.51. The topological polar surface area (TPSA) is 41.1 Å². The lowest BCUT2D eigenvalue weighted by atomic mass is 9.91. The van der Waals surface area contributed by atoms with Gasteiger partial charge in [0, 0.05) is 12.6 Å². The summed E-state index contributed by atoms with van der Waals surface area (Å²) in [6.07, 6.45) is 2.81. The summed E-state index contributed by atoms with van der Waals surface area (Å²) in [4.78, 5) is 12.6. The van der Waals surface area contributed by atoms with Crippen molar-refractivity contribution < 1.29 is 9.18 Å². The summed E-state index contributed by atoms with van der Waals surface area (Å²) in [6, 6.07) is 6.56. The standard InChI is InChI=1S/C16H21FN2O/c1-11-6-9-18-10-14(11)19-15(20)16(7-8-16)12-2-4-13(17)5-3-12/h2-5,11,14,18H,6-10H2,1H3,(H,19,20). The molecule has 2 unspecified atom stereocenters. The first kappa shape index (κ1) is 13.6. The van der Waals surface area contributed by atoms with E-state index in [4.69, 9.17) is 0 Å². The van der Waals surface area contributed by atoms with Crippen molar-refractivity contribution in [3.63, 3.8) is 0 Å². The fraction of sp³-hybridized carbons (Fsp3) is 0.562. The van der Waals surface area contributed by atoms with Crippen molar-refractivity contribution in [1.82, 2.24) is 10.6 Å². The largest absolute Gasteiger partial charge is 0.351 e. The van der Waals surface area contributed by atoms with Crippen LogP contribution in [0.2, 0.25) is 0 Å². The first-order chi connectivity index (χ1) is 9.62. The maximum Gasteiger partial charge on any atom is 0.230 e. The Kier molecular flexibility index (Phi) is 3.50. The van der Waals surface area contributed by atoms with Crippen LogP contribution >= 0.6 is 0 Å². The van der Waals surface area contributed by atoms with E-state index < -0.39 is 5.41 Å². The van der Waals surface area contributed by atoms with Crippen LogP contribution in [0.5, 0.6) is 0 Å². The van der Waals surface area contributed by atoms with Crippen LogP contribution in [0, 0.1) is 11.7 Å². The number of nitrogens with one attached hydrogen (secondary N) is 2. The third kappa shape index (κ3) is 2.44. The number of benzene rings is 1. The zero-order valence-electron chi connectivity index (χ0n) is 11.8. The second kappa shape index (κ2) is 5.17. The van der Waals surface area contributed by atoms with Crippen LogP contribution in [-0.2, 0) is 10.2 Å². The second-order valence-corrected chi connectivity index (χ2v) is 6.14. The molecule has 1 aromatic rings. The Morgan fingerprint density at radius 2 is 2.05 bits per heavy atom. The molecule has 3 nitrogen and oxygen atoms in total. The molecule has 0 bridgehead atoms. The molecule has 1 aliphatic heterocycles. The van der Waals surface area contributed by atoms with Gasteiger partial charge in [0.2, 0.25) is 5.91 Å². The van der Waals surface area contributed by atoms with E-state index in [9.17, 15) is 9.18 Å². The molecule has 1 heterocycles. The lowest BCUT2D eigenvalue weighted by Crippen LogP contribution is -2.52. The van der Waals surface area contributed by atoms with Gasteiger partial charge in [-0.05, 0) is 49.4 Å². The minimum Gasteiger partial charge on any atom is -0.351 e. The van der Waals surface area contributed by atoms with E-state index in [1.54, 1.807) is 12.1 Å². The molecular formula is C16H21FN2O. The SMILES string of the molecule is CC1CCNCC1NC(=O)C1(c2ccc(F)cc2)CC1. The molecule has 0 spiro atoms. The molecule has 1 saturated carbocycles. The molecule has 2 atom stereocenters. The third-order valence-electron chi connectivity index (χ3n) is 4.73. The number of carbonyl (C=O) groups is 1. The van der Waals surface area contributed by atoms with Gasteiger partial charge in [0.15, 0.2) is 0 Å². The maximum atomic E-state index is 13.0. The molecule has 1 aromatic carbocycles. The molecule has 1 amide bonds. The summed E-state index contributed by atoms with van der Waals surface area (Å²) in [5.74, 6) is 0.351.